The molecule has 2 heterocycles. The highest BCUT2D eigenvalue weighted by Gasteiger charge is 2.44. The Kier molecular flexibility index (Phi) is 23.4. The van der Waals surface area contributed by atoms with E-state index in [0.717, 1.165) is 64.2 Å². The average Bonchev–Trinajstić information content (AvgIpc) is 3.16. The molecular formula is C44H77ClO10. The van der Waals surface area contributed by atoms with Crippen LogP contribution in [-0.2, 0) is 22.3 Å². The molecule has 2 aliphatic rings. The van der Waals surface area contributed by atoms with E-state index in [4.69, 9.17) is 25.8 Å². The second-order valence-electron chi connectivity index (χ2n) is 16.4. The Balaban J connectivity index is 1.77. The summed E-state index contributed by atoms with van der Waals surface area (Å²) >= 11 is 6.70. The molecule has 2 aliphatic heterocycles. The molecule has 0 saturated carbocycles. The molecule has 1 aromatic carbocycles. The minimum absolute atomic E-state index is 0.120. The molecule has 2 fully saturated rings. The van der Waals surface area contributed by atoms with Crippen LogP contribution in [0.4, 0.5) is 0 Å². The van der Waals surface area contributed by atoms with Crippen LogP contribution in [0, 0.1) is 0 Å². The third-order valence-corrected chi connectivity index (χ3v) is 12.1. The molecule has 11 heteroatoms. The minimum atomic E-state index is -1.54. The summed E-state index contributed by atoms with van der Waals surface area (Å²) in [7, 11) is 0. The molecule has 0 bridgehead atoms. The zero-order valence-corrected chi connectivity index (χ0v) is 35.0. The largest absolute Gasteiger partial charge is 0.507 e. The SMILES string of the molecule is CCCCCCCCCCCCc1c(O[C@@H]2O[C@@H](C)[C@H](O)[C@@H](O)[C@H]2O)cc(CCCCCC(Cl)CCCCCCCCC)c([C@@H]2OC[C@@H](O)[C@H](O)[C@H]2O)c1O. The van der Waals surface area contributed by atoms with Crippen molar-refractivity contribution in [3.8, 4) is 11.5 Å². The Morgan fingerprint density at radius 1 is 0.655 bits per heavy atom. The zero-order valence-electron chi connectivity index (χ0n) is 34.3. The Labute approximate surface area is 336 Å². The Bertz CT molecular complexity index is 1170. The van der Waals surface area contributed by atoms with E-state index in [0.29, 0.717) is 29.5 Å². The predicted octanol–water partition coefficient (Wildman–Crippen LogP) is 8.07. The van der Waals surface area contributed by atoms with Crippen molar-refractivity contribution in [2.45, 2.75) is 235 Å². The maximum Gasteiger partial charge on any atom is 0.229 e. The van der Waals surface area contributed by atoms with E-state index >= 15 is 0 Å². The van der Waals surface area contributed by atoms with E-state index in [1.807, 2.05) is 0 Å². The third-order valence-electron chi connectivity index (χ3n) is 11.7. The number of phenols is 1. The van der Waals surface area contributed by atoms with Gasteiger partial charge in [0.2, 0.25) is 6.29 Å². The number of phenolic OH excluding ortho intramolecular Hbond substituents is 1. The lowest BCUT2D eigenvalue weighted by molar-refractivity contribution is -0.268. The van der Waals surface area contributed by atoms with Crippen LogP contribution in [0.3, 0.4) is 0 Å². The smallest absolute Gasteiger partial charge is 0.229 e. The highest BCUT2D eigenvalue weighted by atomic mass is 35.5. The molecule has 0 radical (unpaired) electrons. The molecule has 0 aliphatic carbocycles. The van der Waals surface area contributed by atoms with Crippen molar-refractivity contribution in [1.29, 1.82) is 0 Å². The van der Waals surface area contributed by atoms with Crippen LogP contribution in [0.15, 0.2) is 6.07 Å². The molecule has 1 unspecified atom stereocenters. The number of rotatable bonds is 28. The first-order chi connectivity index (χ1) is 26.5. The molecule has 55 heavy (non-hydrogen) atoms. The summed E-state index contributed by atoms with van der Waals surface area (Å²) in [4.78, 5) is 0. The van der Waals surface area contributed by atoms with Crippen molar-refractivity contribution in [3.63, 3.8) is 0 Å². The molecule has 1 aromatic rings. The van der Waals surface area contributed by atoms with Crippen LogP contribution >= 0.6 is 11.6 Å². The molecule has 7 N–H and O–H groups in total. The van der Waals surface area contributed by atoms with Gasteiger partial charge in [-0.3, -0.25) is 0 Å². The highest BCUT2D eigenvalue weighted by molar-refractivity contribution is 6.20. The van der Waals surface area contributed by atoms with Gasteiger partial charge in [0.25, 0.3) is 0 Å². The van der Waals surface area contributed by atoms with Gasteiger partial charge in [-0.15, -0.1) is 11.6 Å². The first-order valence-corrected chi connectivity index (χ1v) is 22.5. The molecule has 0 aromatic heterocycles. The number of alkyl halides is 1. The van der Waals surface area contributed by atoms with E-state index in [1.165, 1.54) is 77.0 Å². The van der Waals surface area contributed by atoms with Crippen molar-refractivity contribution in [2.24, 2.45) is 0 Å². The predicted molar refractivity (Wildman–Crippen MR) is 218 cm³/mol. The lowest BCUT2D eigenvalue weighted by Gasteiger charge is -2.39. The molecule has 10 nitrogen and oxygen atoms in total. The maximum absolute atomic E-state index is 12.1. The maximum atomic E-state index is 12.1. The summed E-state index contributed by atoms with van der Waals surface area (Å²) in [5, 5.41) is 75.9. The second kappa shape index (κ2) is 26.7. The Morgan fingerprint density at radius 3 is 1.75 bits per heavy atom. The average molecular weight is 802 g/mol. The molecule has 10 atom stereocenters. The van der Waals surface area contributed by atoms with Crippen molar-refractivity contribution in [3.05, 3.63) is 22.8 Å². The second-order valence-corrected chi connectivity index (χ2v) is 17.0. The number of hydrogen-bond acceptors (Lipinski definition) is 10. The highest BCUT2D eigenvalue weighted by Crippen LogP contribution is 2.44. The van der Waals surface area contributed by atoms with E-state index in [1.54, 1.807) is 13.0 Å². The van der Waals surface area contributed by atoms with E-state index < -0.39 is 55.1 Å². The molecular weight excluding hydrogens is 724 g/mol. The number of aromatic hydroxyl groups is 1. The fourth-order valence-electron chi connectivity index (χ4n) is 8.04. The summed E-state index contributed by atoms with van der Waals surface area (Å²) in [5.41, 5.74) is 1.46. The van der Waals surface area contributed by atoms with E-state index in [2.05, 4.69) is 13.8 Å². The fraction of sp³-hybridized carbons (Fsp3) is 0.864. The lowest BCUT2D eigenvalue weighted by Crippen LogP contribution is -2.58. The van der Waals surface area contributed by atoms with E-state index in [9.17, 15) is 35.7 Å². The third kappa shape index (κ3) is 15.8. The number of unbranched alkanes of at least 4 members (excludes halogenated alkanes) is 17. The van der Waals surface area contributed by atoms with Gasteiger partial charge in [-0.05, 0) is 57.1 Å². The Hall–Kier alpha value is -1.21. The number of hydrogen-bond donors (Lipinski definition) is 7. The van der Waals surface area contributed by atoms with Gasteiger partial charge in [-0.25, -0.2) is 0 Å². The van der Waals surface area contributed by atoms with Gasteiger partial charge in [0.15, 0.2) is 0 Å². The summed E-state index contributed by atoms with van der Waals surface area (Å²) < 4.78 is 18.0. The van der Waals surface area contributed by atoms with Gasteiger partial charge >= 0.3 is 0 Å². The van der Waals surface area contributed by atoms with Gasteiger partial charge in [0.1, 0.15) is 54.2 Å². The van der Waals surface area contributed by atoms with E-state index in [-0.39, 0.29) is 23.5 Å². The normalized spacial score (nSPS) is 27.7. The standard InChI is InChI=1S/C44H77ClO10/c1-4-6-8-10-12-13-14-16-18-23-27-33-35(55-44-42(52)40(50)37(47)30(3)54-44)28-31(36(38(33)48)43-41(51)39(49)34(46)29-53-43)24-20-19-22-26-32(45)25-21-17-15-11-9-7-5-2/h28,30,32,34,37,39-44,46-52H,4-27,29H2,1-3H3/t30-,32?,34+,37-,39-,40+,41+,42+,43-,44-/m0/s1. The molecule has 2 saturated heterocycles. The zero-order chi connectivity index (χ0) is 40.2. The quantitative estimate of drug-likeness (QED) is 0.0325. The number of ether oxygens (including phenoxy) is 3. The Morgan fingerprint density at radius 2 is 1.16 bits per heavy atom. The summed E-state index contributed by atoms with van der Waals surface area (Å²) in [6, 6.07) is 1.79. The number of aliphatic hydroxyl groups excluding tert-OH is 6. The molecule has 0 amide bonds. The summed E-state index contributed by atoms with van der Waals surface area (Å²) in [6.45, 7) is 5.84. The van der Waals surface area contributed by atoms with Gasteiger partial charge in [-0.1, -0.05) is 129 Å². The van der Waals surface area contributed by atoms with Crippen LogP contribution in [-0.4, -0.2) is 96.7 Å². The monoisotopic (exact) mass is 801 g/mol. The van der Waals surface area contributed by atoms with Crippen molar-refractivity contribution < 1.29 is 50.0 Å². The number of benzene rings is 1. The fourth-order valence-corrected chi connectivity index (χ4v) is 8.34. The van der Waals surface area contributed by atoms with Crippen LogP contribution in [0.25, 0.3) is 0 Å². The molecule has 3 rings (SSSR count). The number of halogens is 1. The van der Waals surface area contributed by atoms with Crippen LogP contribution < -0.4 is 4.74 Å². The van der Waals surface area contributed by atoms with Gasteiger partial charge in [-0.2, -0.15) is 0 Å². The minimum Gasteiger partial charge on any atom is -0.507 e. The summed E-state index contributed by atoms with van der Waals surface area (Å²) in [6.07, 6.45) is 13.9. The lowest BCUT2D eigenvalue weighted by atomic mass is 9.86. The van der Waals surface area contributed by atoms with Gasteiger partial charge in [0, 0.05) is 16.5 Å². The number of aryl methyl sites for hydroxylation is 1. The van der Waals surface area contributed by atoms with Crippen molar-refractivity contribution in [2.75, 3.05) is 6.61 Å². The number of aliphatic hydroxyl groups is 6. The topological polar surface area (TPSA) is 169 Å². The summed E-state index contributed by atoms with van der Waals surface area (Å²) in [5.74, 6) is 0.166. The van der Waals surface area contributed by atoms with Crippen LogP contribution in [0.1, 0.15) is 185 Å². The molecule has 320 valence electrons. The van der Waals surface area contributed by atoms with Crippen molar-refractivity contribution in [1.82, 2.24) is 0 Å². The van der Waals surface area contributed by atoms with Crippen LogP contribution in [0.2, 0.25) is 0 Å². The first-order valence-electron chi connectivity index (χ1n) is 22.0. The van der Waals surface area contributed by atoms with Gasteiger partial charge < -0.3 is 50.0 Å². The van der Waals surface area contributed by atoms with Gasteiger partial charge in [0.05, 0.1) is 12.7 Å². The molecule has 0 spiro atoms. The first kappa shape index (κ1) is 48.2. The van der Waals surface area contributed by atoms with Crippen LogP contribution in [0.5, 0.6) is 11.5 Å². The van der Waals surface area contributed by atoms with Crippen molar-refractivity contribution >= 4 is 11.6 Å².